The highest BCUT2D eigenvalue weighted by Gasteiger charge is 2.25. The third-order valence-electron chi connectivity index (χ3n) is 3.17. The lowest BCUT2D eigenvalue weighted by molar-refractivity contribution is -0.0385. The topological polar surface area (TPSA) is 43.2 Å². The molecular weight excluding hydrogens is 248 g/mol. The summed E-state index contributed by atoms with van der Waals surface area (Å²) in [5, 5.41) is 12.4. The van der Waals surface area contributed by atoms with Crippen molar-refractivity contribution < 1.29 is 4.74 Å². The Morgan fingerprint density at radius 3 is 3.22 bits per heavy atom. The van der Waals surface area contributed by atoms with Crippen LogP contribution < -0.4 is 0 Å². The van der Waals surface area contributed by atoms with Gasteiger partial charge in [-0.3, -0.25) is 4.90 Å². The molecule has 0 aromatic carbocycles. The molecule has 0 spiro atoms. The first-order valence-electron chi connectivity index (χ1n) is 6.02. The summed E-state index contributed by atoms with van der Waals surface area (Å²) in [6.45, 7) is 3.59. The molecule has 0 saturated carbocycles. The van der Waals surface area contributed by atoms with Crippen molar-refractivity contribution in [1.82, 2.24) is 19.7 Å². The molecule has 0 bridgehead atoms. The number of hydrogen-bond acceptors (Lipinski definition) is 5. The van der Waals surface area contributed by atoms with Crippen molar-refractivity contribution in [2.24, 2.45) is 7.05 Å². The van der Waals surface area contributed by atoms with Gasteiger partial charge in [-0.2, -0.15) is 11.3 Å². The van der Waals surface area contributed by atoms with Gasteiger partial charge in [0.2, 0.25) is 0 Å². The van der Waals surface area contributed by atoms with Crippen LogP contribution in [-0.2, 0) is 18.3 Å². The van der Waals surface area contributed by atoms with Crippen LogP contribution in [0.25, 0.3) is 0 Å². The summed E-state index contributed by atoms with van der Waals surface area (Å²) >= 11 is 1.74. The van der Waals surface area contributed by atoms with E-state index >= 15 is 0 Å². The third kappa shape index (κ3) is 2.45. The van der Waals surface area contributed by atoms with E-state index in [1.807, 2.05) is 11.6 Å². The van der Waals surface area contributed by atoms with Gasteiger partial charge in [0, 0.05) is 26.7 Å². The van der Waals surface area contributed by atoms with Gasteiger partial charge in [0.15, 0.2) is 5.82 Å². The van der Waals surface area contributed by atoms with E-state index in [0.29, 0.717) is 0 Å². The average Bonchev–Trinajstić information content (AvgIpc) is 3.01. The molecule has 0 unspecified atom stereocenters. The first-order chi connectivity index (χ1) is 8.83. The smallest absolute Gasteiger partial charge is 0.163 e. The number of aryl methyl sites for hydroxylation is 1. The summed E-state index contributed by atoms with van der Waals surface area (Å²) in [6, 6.07) is 2.18. The number of thiophene rings is 1. The van der Waals surface area contributed by atoms with E-state index in [1.165, 1.54) is 5.56 Å². The second kappa shape index (κ2) is 5.17. The van der Waals surface area contributed by atoms with Crippen LogP contribution in [0.5, 0.6) is 0 Å². The summed E-state index contributed by atoms with van der Waals surface area (Å²) < 4.78 is 7.72. The molecule has 6 heteroatoms. The Bertz CT molecular complexity index is 496. The van der Waals surface area contributed by atoms with Crippen molar-refractivity contribution in [3.8, 4) is 0 Å². The van der Waals surface area contributed by atoms with Crippen LogP contribution in [0, 0.1) is 0 Å². The van der Waals surface area contributed by atoms with Gasteiger partial charge in [-0.05, 0) is 22.4 Å². The molecule has 2 aromatic heterocycles. The lowest BCUT2D eigenvalue weighted by atomic mass is 10.2. The standard InChI is InChI=1S/C12H16N4OS/c1-15-9-13-14-12(15)11-7-16(3-4-17-11)6-10-2-5-18-8-10/h2,5,8-9,11H,3-4,6-7H2,1H3/t11-/m1/s1. The predicted molar refractivity (Wildman–Crippen MR) is 69.3 cm³/mol. The normalized spacial score (nSPS) is 21.3. The van der Waals surface area contributed by atoms with Gasteiger partial charge < -0.3 is 9.30 Å². The Morgan fingerprint density at radius 1 is 1.56 bits per heavy atom. The lowest BCUT2D eigenvalue weighted by Gasteiger charge is -2.32. The lowest BCUT2D eigenvalue weighted by Crippen LogP contribution is -2.38. The van der Waals surface area contributed by atoms with Crippen molar-refractivity contribution in [3.63, 3.8) is 0 Å². The van der Waals surface area contributed by atoms with Gasteiger partial charge in [-0.15, -0.1) is 10.2 Å². The fraction of sp³-hybridized carbons (Fsp3) is 0.500. The van der Waals surface area contributed by atoms with Gasteiger partial charge in [0.1, 0.15) is 12.4 Å². The average molecular weight is 264 g/mol. The Labute approximate surface area is 110 Å². The van der Waals surface area contributed by atoms with Gasteiger partial charge >= 0.3 is 0 Å². The van der Waals surface area contributed by atoms with Gasteiger partial charge in [-0.1, -0.05) is 0 Å². The van der Waals surface area contributed by atoms with Crippen molar-refractivity contribution in [3.05, 3.63) is 34.5 Å². The fourth-order valence-electron chi connectivity index (χ4n) is 2.23. The van der Waals surface area contributed by atoms with Crippen molar-refractivity contribution in [2.75, 3.05) is 19.7 Å². The molecule has 1 aliphatic heterocycles. The molecule has 0 aliphatic carbocycles. The van der Waals surface area contributed by atoms with Gasteiger partial charge in [-0.25, -0.2) is 0 Å². The van der Waals surface area contributed by atoms with E-state index in [2.05, 4.69) is 31.9 Å². The van der Waals surface area contributed by atoms with E-state index in [4.69, 9.17) is 4.74 Å². The first-order valence-corrected chi connectivity index (χ1v) is 6.96. The largest absolute Gasteiger partial charge is 0.368 e. The molecular formula is C12H16N4OS. The molecule has 3 rings (SSSR count). The van der Waals surface area contributed by atoms with E-state index in [-0.39, 0.29) is 6.10 Å². The number of rotatable bonds is 3. The Kier molecular flexibility index (Phi) is 3.40. The van der Waals surface area contributed by atoms with Crippen LogP contribution in [0.1, 0.15) is 17.5 Å². The molecule has 2 aromatic rings. The van der Waals surface area contributed by atoms with Crippen molar-refractivity contribution >= 4 is 11.3 Å². The Hall–Kier alpha value is -1.24. The molecule has 1 aliphatic rings. The maximum atomic E-state index is 5.79. The highest BCUT2D eigenvalue weighted by molar-refractivity contribution is 7.07. The number of aromatic nitrogens is 3. The minimum atomic E-state index is 0.0323. The highest BCUT2D eigenvalue weighted by atomic mass is 32.1. The van der Waals surface area contributed by atoms with Gasteiger partial charge in [0.25, 0.3) is 0 Å². The van der Waals surface area contributed by atoms with E-state index < -0.39 is 0 Å². The van der Waals surface area contributed by atoms with Crippen molar-refractivity contribution in [2.45, 2.75) is 12.6 Å². The molecule has 96 valence electrons. The molecule has 1 fully saturated rings. The van der Waals surface area contributed by atoms with Crippen LogP contribution in [0.15, 0.2) is 23.2 Å². The molecule has 0 amide bonds. The molecule has 1 saturated heterocycles. The maximum absolute atomic E-state index is 5.79. The van der Waals surface area contributed by atoms with Crippen molar-refractivity contribution in [1.29, 1.82) is 0 Å². The quantitative estimate of drug-likeness (QED) is 0.841. The predicted octanol–water partition coefficient (Wildman–Crippen LogP) is 1.45. The van der Waals surface area contributed by atoms with E-state index in [9.17, 15) is 0 Å². The molecule has 1 atom stereocenters. The second-order valence-electron chi connectivity index (χ2n) is 4.53. The second-order valence-corrected chi connectivity index (χ2v) is 5.31. The zero-order valence-electron chi connectivity index (χ0n) is 10.3. The van der Waals surface area contributed by atoms with E-state index in [1.54, 1.807) is 17.7 Å². The molecule has 18 heavy (non-hydrogen) atoms. The van der Waals surface area contributed by atoms with Crippen LogP contribution in [0.3, 0.4) is 0 Å². The van der Waals surface area contributed by atoms with Gasteiger partial charge in [0.05, 0.1) is 6.61 Å². The van der Waals surface area contributed by atoms with Crippen LogP contribution >= 0.6 is 11.3 Å². The molecule has 5 nitrogen and oxygen atoms in total. The molecule has 0 radical (unpaired) electrons. The summed E-state index contributed by atoms with van der Waals surface area (Å²) in [6.07, 6.45) is 1.75. The number of ether oxygens (including phenoxy) is 1. The highest BCUT2D eigenvalue weighted by Crippen LogP contribution is 2.21. The van der Waals surface area contributed by atoms with E-state index in [0.717, 1.165) is 32.1 Å². The minimum Gasteiger partial charge on any atom is -0.368 e. The number of morpholine rings is 1. The summed E-state index contributed by atoms with van der Waals surface area (Å²) in [5.41, 5.74) is 1.37. The SMILES string of the molecule is Cn1cnnc1[C@H]1CN(Cc2ccsc2)CCO1. The number of nitrogens with zero attached hydrogens (tertiary/aromatic N) is 4. The maximum Gasteiger partial charge on any atom is 0.163 e. The third-order valence-corrected chi connectivity index (χ3v) is 3.90. The zero-order valence-corrected chi connectivity index (χ0v) is 11.1. The molecule has 0 N–H and O–H groups in total. The summed E-state index contributed by atoms with van der Waals surface area (Å²) in [5.74, 6) is 0.907. The molecule has 3 heterocycles. The number of hydrogen-bond donors (Lipinski definition) is 0. The Morgan fingerprint density at radius 2 is 2.50 bits per heavy atom. The fourth-order valence-corrected chi connectivity index (χ4v) is 2.89. The first kappa shape index (κ1) is 11.8. The minimum absolute atomic E-state index is 0.0323. The Balaban J connectivity index is 1.67. The zero-order chi connectivity index (χ0) is 12.4. The van der Waals surface area contributed by atoms with Crippen LogP contribution in [-0.4, -0.2) is 39.4 Å². The van der Waals surface area contributed by atoms with Crippen LogP contribution in [0.4, 0.5) is 0 Å². The summed E-state index contributed by atoms with van der Waals surface area (Å²) in [4.78, 5) is 2.41. The summed E-state index contributed by atoms with van der Waals surface area (Å²) in [7, 11) is 1.95. The monoisotopic (exact) mass is 264 g/mol. The van der Waals surface area contributed by atoms with Crippen LogP contribution in [0.2, 0.25) is 0 Å².